The van der Waals surface area contributed by atoms with E-state index in [0.29, 0.717) is 0 Å². The summed E-state index contributed by atoms with van der Waals surface area (Å²) < 4.78 is 0. The molecule has 0 atom stereocenters. The summed E-state index contributed by atoms with van der Waals surface area (Å²) >= 11 is 0. The first-order chi connectivity index (χ1) is 13.2. The number of aromatic nitrogens is 2. The lowest BCUT2D eigenvalue weighted by atomic mass is 9.99. The van der Waals surface area contributed by atoms with E-state index in [0.717, 1.165) is 67.8 Å². The number of nitrogens with zero attached hydrogens (tertiary/aromatic N) is 3. The summed E-state index contributed by atoms with van der Waals surface area (Å²) in [6.07, 6.45) is 4.66. The molecule has 6 nitrogen and oxygen atoms in total. The lowest BCUT2D eigenvalue weighted by molar-refractivity contribution is 0.192. The maximum absolute atomic E-state index is 4.72. The maximum atomic E-state index is 4.72. The van der Waals surface area contributed by atoms with Crippen LogP contribution in [0.2, 0.25) is 0 Å². The number of benzene rings is 1. The number of likely N-dealkylation sites (tertiary alicyclic amines) is 1. The first-order valence-electron chi connectivity index (χ1n) is 10.4. The van der Waals surface area contributed by atoms with Gasteiger partial charge in [-0.25, -0.2) is 4.98 Å². The zero-order valence-corrected chi connectivity index (χ0v) is 16.8. The average molecular weight is 371 g/mol. The minimum absolute atomic E-state index is 0.815. The summed E-state index contributed by atoms with van der Waals surface area (Å²) in [6, 6.07) is 8.15. The lowest BCUT2D eigenvalue weighted by Crippen LogP contribution is -2.38. The molecule has 0 spiro atoms. The molecule has 1 aromatic carbocycles. The first kappa shape index (κ1) is 19.7. The summed E-state index contributed by atoms with van der Waals surface area (Å²) in [4.78, 5) is 15.3. The van der Waals surface area contributed by atoms with Crippen molar-refractivity contribution in [2.45, 2.75) is 39.5 Å². The molecule has 1 aliphatic heterocycles. The van der Waals surface area contributed by atoms with E-state index < -0.39 is 0 Å². The molecule has 0 amide bonds. The zero-order valence-electron chi connectivity index (χ0n) is 16.8. The second-order valence-corrected chi connectivity index (χ2v) is 7.52. The van der Waals surface area contributed by atoms with E-state index in [9.17, 15) is 0 Å². The van der Waals surface area contributed by atoms with Crippen LogP contribution in [0.1, 0.15) is 38.9 Å². The van der Waals surface area contributed by atoms with Gasteiger partial charge in [-0.3, -0.25) is 4.99 Å². The monoisotopic (exact) mass is 370 g/mol. The molecule has 0 saturated carbocycles. The van der Waals surface area contributed by atoms with Crippen LogP contribution >= 0.6 is 0 Å². The van der Waals surface area contributed by atoms with Crippen molar-refractivity contribution in [2.75, 3.05) is 39.3 Å². The fourth-order valence-electron chi connectivity index (χ4n) is 3.54. The lowest BCUT2D eigenvalue weighted by Gasteiger charge is -2.29. The van der Waals surface area contributed by atoms with Gasteiger partial charge in [0.25, 0.3) is 0 Å². The van der Waals surface area contributed by atoms with Gasteiger partial charge in [0, 0.05) is 26.1 Å². The Hall–Kier alpha value is -2.08. The molecule has 1 aromatic heterocycles. The number of fused-ring (bicyclic) bond motifs is 1. The number of hydrogen-bond acceptors (Lipinski definition) is 3. The van der Waals surface area contributed by atoms with Crippen LogP contribution in [0.15, 0.2) is 29.3 Å². The molecule has 148 valence electrons. The molecule has 0 aliphatic carbocycles. The van der Waals surface area contributed by atoms with E-state index in [4.69, 9.17) is 4.99 Å². The van der Waals surface area contributed by atoms with Crippen LogP contribution in [0.4, 0.5) is 0 Å². The molecule has 3 rings (SSSR count). The number of rotatable bonds is 8. The molecular formula is C21H34N6. The van der Waals surface area contributed by atoms with Crippen LogP contribution in [-0.4, -0.2) is 60.1 Å². The van der Waals surface area contributed by atoms with Crippen molar-refractivity contribution in [3.05, 3.63) is 30.1 Å². The Kier molecular flexibility index (Phi) is 7.51. The molecule has 1 aliphatic rings. The van der Waals surface area contributed by atoms with E-state index >= 15 is 0 Å². The van der Waals surface area contributed by atoms with Gasteiger partial charge in [0.1, 0.15) is 5.82 Å². The van der Waals surface area contributed by atoms with Crippen molar-refractivity contribution >= 4 is 17.0 Å². The van der Waals surface area contributed by atoms with Crippen LogP contribution in [0, 0.1) is 5.92 Å². The summed E-state index contributed by atoms with van der Waals surface area (Å²) in [5.74, 6) is 2.82. The summed E-state index contributed by atoms with van der Waals surface area (Å²) in [7, 11) is 0. The van der Waals surface area contributed by atoms with Gasteiger partial charge in [-0.05, 0) is 63.9 Å². The molecule has 6 heteroatoms. The number of nitrogens with one attached hydrogen (secondary N) is 3. The quantitative estimate of drug-likeness (QED) is 0.380. The highest BCUT2D eigenvalue weighted by Gasteiger charge is 2.14. The SMILES string of the molecule is CCNC(=NCCCN1CCC(C)CC1)NCCc1nc2ccccc2[nH]1. The fraction of sp³-hybridized carbons (Fsp3) is 0.619. The summed E-state index contributed by atoms with van der Waals surface area (Å²) in [5.41, 5.74) is 2.13. The molecule has 3 N–H and O–H groups in total. The molecule has 1 fully saturated rings. The molecule has 0 unspecified atom stereocenters. The Morgan fingerprint density at radius 3 is 2.85 bits per heavy atom. The van der Waals surface area contributed by atoms with E-state index in [-0.39, 0.29) is 0 Å². The van der Waals surface area contributed by atoms with Gasteiger partial charge < -0.3 is 20.5 Å². The fourth-order valence-corrected chi connectivity index (χ4v) is 3.54. The highest BCUT2D eigenvalue weighted by atomic mass is 15.2. The highest BCUT2D eigenvalue weighted by molar-refractivity contribution is 5.79. The van der Waals surface area contributed by atoms with Gasteiger partial charge in [0.05, 0.1) is 11.0 Å². The van der Waals surface area contributed by atoms with Gasteiger partial charge in [0.15, 0.2) is 5.96 Å². The molecule has 0 bridgehead atoms. The third kappa shape index (κ3) is 6.24. The Morgan fingerprint density at radius 1 is 1.26 bits per heavy atom. The largest absolute Gasteiger partial charge is 0.357 e. The van der Waals surface area contributed by atoms with Crippen molar-refractivity contribution in [1.82, 2.24) is 25.5 Å². The van der Waals surface area contributed by atoms with Crippen molar-refractivity contribution in [2.24, 2.45) is 10.9 Å². The maximum Gasteiger partial charge on any atom is 0.191 e. The standard InChI is InChI=1S/C21H34N6/c1-3-22-21(23-12-6-14-27-15-10-17(2)11-16-27)24-13-9-20-25-18-7-4-5-8-19(18)26-20/h4-5,7-8,17H,3,6,9-16H2,1-2H3,(H,25,26)(H2,22,23,24). The van der Waals surface area contributed by atoms with Crippen molar-refractivity contribution in [3.8, 4) is 0 Å². The molecule has 0 radical (unpaired) electrons. The Balaban J connectivity index is 1.39. The van der Waals surface area contributed by atoms with Crippen LogP contribution < -0.4 is 10.6 Å². The molecule has 1 saturated heterocycles. The first-order valence-corrected chi connectivity index (χ1v) is 10.4. The van der Waals surface area contributed by atoms with Gasteiger partial charge in [-0.15, -0.1) is 0 Å². The van der Waals surface area contributed by atoms with Crippen LogP contribution in [0.25, 0.3) is 11.0 Å². The normalized spacial score (nSPS) is 16.7. The molecule has 2 heterocycles. The van der Waals surface area contributed by atoms with Crippen LogP contribution in [-0.2, 0) is 6.42 Å². The van der Waals surface area contributed by atoms with Gasteiger partial charge in [-0.2, -0.15) is 0 Å². The number of aromatic amines is 1. The number of hydrogen-bond donors (Lipinski definition) is 3. The Morgan fingerprint density at radius 2 is 2.07 bits per heavy atom. The summed E-state index contributed by atoms with van der Waals surface area (Å²) in [6.45, 7) is 10.7. The van der Waals surface area contributed by atoms with Crippen molar-refractivity contribution in [3.63, 3.8) is 0 Å². The smallest absolute Gasteiger partial charge is 0.191 e. The van der Waals surface area contributed by atoms with E-state index in [1.807, 2.05) is 18.2 Å². The third-order valence-corrected chi connectivity index (χ3v) is 5.22. The number of para-hydroxylation sites is 2. The average Bonchev–Trinajstić information content (AvgIpc) is 3.09. The third-order valence-electron chi connectivity index (χ3n) is 5.22. The minimum Gasteiger partial charge on any atom is -0.357 e. The number of imidazole rings is 1. The zero-order chi connectivity index (χ0) is 18.9. The van der Waals surface area contributed by atoms with Gasteiger partial charge in [0.2, 0.25) is 0 Å². The molecular weight excluding hydrogens is 336 g/mol. The van der Waals surface area contributed by atoms with E-state index in [1.54, 1.807) is 0 Å². The number of guanidine groups is 1. The second kappa shape index (κ2) is 10.3. The van der Waals surface area contributed by atoms with Gasteiger partial charge in [-0.1, -0.05) is 19.1 Å². The highest BCUT2D eigenvalue weighted by Crippen LogP contribution is 2.15. The second-order valence-electron chi connectivity index (χ2n) is 7.52. The Bertz CT molecular complexity index is 681. The number of piperidine rings is 1. The van der Waals surface area contributed by atoms with E-state index in [2.05, 4.69) is 45.4 Å². The van der Waals surface area contributed by atoms with Crippen molar-refractivity contribution < 1.29 is 0 Å². The topological polar surface area (TPSA) is 68.3 Å². The predicted octanol–water partition coefficient (Wildman–Crippen LogP) is 2.78. The van der Waals surface area contributed by atoms with Gasteiger partial charge >= 0.3 is 0 Å². The van der Waals surface area contributed by atoms with E-state index in [1.165, 1.54) is 25.9 Å². The summed E-state index contributed by atoms with van der Waals surface area (Å²) in [5, 5.41) is 6.76. The number of aliphatic imine (C=N–C) groups is 1. The number of H-pyrrole nitrogens is 1. The molecule has 27 heavy (non-hydrogen) atoms. The minimum atomic E-state index is 0.815. The van der Waals surface area contributed by atoms with Crippen LogP contribution in [0.5, 0.6) is 0 Å². The molecule has 2 aromatic rings. The predicted molar refractivity (Wildman–Crippen MR) is 113 cm³/mol. The Labute approximate surface area is 162 Å². The van der Waals surface area contributed by atoms with Crippen LogP contribution in [0.3, 0.4) is 0 Å². The van der Waals surface area contributed by atoms with Crippen molar-refractivity contribution in [1.29, 1.82) is 0 Å².